The standard InChI is InChI=1S/C16H17Cl2FN4O3/c1-8(9-6-12(19)11(18)7-10(9)17)21-22-13(24)4-5-23-14(25)16(2,3)20-15(23)26/h6-7H,4-5H2,1-3H3,(H,20,26)(H,22,24)/b21-8-. The minimum absolute atomic E-state index is 0.0785. The largest absolute Gasteiger partial charge is 0.325 e. The van der Waals surface area contributed by atoms with E-state index in [9.17, 15) is 18.8 Å². The molecule has 1 saturated heterocycles. The minimum Gasteiger partial charge on any atom is -0.324 e. The van der Waals surface area contributed by atoms with Gasteiger partial charge in [0.2, 0.25) is 5.91 Å². The Labute approximate surface area is 159 Å². The van der Waals surface area contributed by atoms with Crippen molar-refractivity contribution in [1.82, 2.24) is 15.6 Å². The number of carbonyl (C=O) groups excluding carboxylic acids is 3. The Balaban J connectivity index is 1.96. The Hall–Kier alpha value is -2.19. The number of nitrogens with zero attached hydrogens (tertiary/aromatic N) is 2. The average Bonchev–Trinajstić information content (AvgIpc) is 2.74. The molecule has 2 rings (SSSR count). The van der Waals surface area contributed by atoms with Crippen molar-refractivity contribution in [2.24, 2.45) is 5.10 Å². The second-order valence-corrected chi connectivity index (χ2v) is 7.05. The maximum Gasteiger partial charge on any atom is 0.325 e. The summed E-state index contributed by atoms with van der Waals surface area (Å²) in [5, 5.41) is 6.45. The van der Waals surface area contributed by atoms with E-state index in [1.807, 2.05) is 0 Å². The predicted molar refractivity (Wildman–Crippen MR) is 95.7 cm³/mol. The number of nitrogens with one attached hydrogen (secondary N) is 2. The van der Waals surface area contributed by atoms with Gasteiger partial charge in [-0.25, -0.2) is 14.6 Å². The normalized spacial score (nSPS) is 16.7. The molecule has 1 aromatic carbocycles. The third-order valence-corrected chi connectivity index (χ3v) is 4.36. The second kappa shape index (κ2) is 7.59. The molecule has 0 atom stereocenters. The van der Waals surface area contributed by atoms with Gasteiger partial charge in [0, 0.05) is 18.5 Å². The summed E-state index contributed by atoms with van der Waals surface area (Å²) in [4.78, 5) is 36.6. The zero-order valence-electron chi connectivity index (χ0n) is 14.3. The number of carbonyl (C=O) groups is 3. The van der Waals surface area contributed by atoms with Crippen molar-refractivity contribution < 1.29 is 18.8 Å². The Bertz CT molecular complexity index is 811. The van der Waals surface area contributed by atoms with Crippen LogP contribution in [0, 0.1) is 5.82 Å². The molecule has 0 spiro atoms. The van der Waals surface area contributed by atoms with Crippen molar-refractivity contribution in [2.45, 2.75) is 32.7 Å². The van der Waals surface area contributed by atoms with Crippen LogP contribution in [0.4, 0.5) is 9.18 Å². The molecule has 10 heteroatoms. The summed E-state index contributed by atoms with van der Waals surface area (Å²) in [7, 11) is 0. The zero-order chi connectivity index (χ0) is 19.6. The van der Waals surface area contributed by atoms with Gasteiger partial charge in [-0.2, -0.15) is 5.10 Å². The van der Waals surface area contributed by atoms with Crippen molar-refractivity contribution in [3.63, 3.8) is 0 Å². The van der Waals surface area contributed by atoms with Gasteiger partial charge < -0.3 is 5.32 Å². The first kappa shape index (κ1) is 20.1. The van der Waals surface area contributed by atoms with Gasteiger partial charge in [0.15, 0.2) is 0 Å². The Morgan fingerprint density at radius 1 is 1.31 bits per heavy atom. The number of imide groups is 1. The highest BCUT2D eigenvalue weighted by molar-refractivity contribution is 6.37. The van der Waals surface area contributed by atoms with Crippen molar-refractivity contribution in [3.8, 4) is 0 Å². The van der Waals surface area contributed by atoms with E-state index in [4.69, 9.17) is 23.2 Å². The predicted octanol–water partition coefficient (Wildman–Crippen LogP) is 2.69. The molecule has 1 aliphatic rings. The average molecular weight is 403 g/mol. The van der Waals surface area contributed by atoms with Crippen LogP contribution >= 0.6 is 23.2 Å². The number of amides is 4. The molecular weight excluding hydrogens is 386 g/mol. The third-order valence-electron chi connectivity index (χ3n) is 3.75. The number of rotatable bonds is 5. The lowest BCUT2D eigenvalue weighted by molar-refractivity contribution is -0.130. The van der Waals surface area contributed by atoms with Gasteiger partial charge in [0.05, 0.1) is 15.8 Å². The van der Waals surface area contributed by atoms with E-state index < -0.39 is 29.2 Å². The lowest BCUT2D eigenvalue weighted by Gasteiger charge is -2.15. The third kappa shape index (κ3) is 4.31. The maximum absolute atomic E-state index is 13.5. The molecule has 1 aliphatic heterocycles. The van der Waals surface area contributed by atoms with Crippen LogP contribution in [0.2, 0.25) is 10.0 Å². The van der Waals surface area contributed by atoms with E-state index >= 15 is 0 Å². The van der Waals surface area contributed by atoms with Crippen molar-refractivity contribution >= 4 is 46.8 Å². The van der Waals surface area contributed by atoms with Crippen LogP contribution in [0.3, 0.4) is 0 Å². The Morgan fingerprint density at radius 2 is 1.96 bits per heavy atom. The first-order valence-electron chi connectivity index (χ1n) is 7.65. The van der Waals surface area contributed by atoms with Gasteiger partial charge in [0.1, 0.15) is 11.4 Å². The quantitative estimate of drug-likeness (QED) is 0.343. The van der Waals surface area contributed by atoms with E-state index in [2.05, 4.69) is 15.8 Å². The highest BCUT2D eigenvalue weighted by Crippen LogP contribution is 2.24. The number of hydrogen-bond acceptors (Lipinski definition) is 4. The monoisotopic (exact) mass is 402 g/mol. The van der Waals surface area contributed by atoms with Gasteiger partial charge in [0.25, 0.3) is 5.91 Å². The van der Waals surface area contributed by atoms with Crippen molar-refractivity contribution in [1.29, 1.82) is 0 Å². The summed E-state index contributed by atoms with van der Waals surface area (Å²) in [6.45, 7) is 4.62. The molecule has 0 aromatic heterocycles. The van der Waals surface area contributed by atoms with Crippen LogP contribution in [0.1, 0.15) is 32.8 Å². The summed E-state index contributed by atoms with van der Waals surface area (Å²) < 4.78 is 13.5. The van der Waals surface area contributed by atoms with Crippen LogP contribution in [0.15, 0.2) is 17.2 Å². The Kier molecular flexibility index (Phi) is 5.87. The van der Waals surface area contributed by atoms with E-state index in [1.165, 1.54) is 13.0 Å². The molecule has 0 unspecified atom stereocenters. The summed E-state index contributed by atoms with van der Waals surface area (Å²) in [5.41, 5.74) is 1.85. The fraction of sp³-hybridized carbons (Fsp3) is 0.375. The fourth-order valence-electron chi connectivity index (χ4n) is 2.30. The summed E-state index contributed by atoms with van der Waals surface area (Å²) in [6, 6.07) is 1.81. The van der Waals surface area contributed by atoms with Gasteiger partial charge in [-0.1, -0.05) is 23.2 Å². The molecule has 0 saturated carbocycles. The van der Waals surface area contributed by atoms with Crippen LogP contribution in [0.25, 0.3) is 0 Å². The van der Waals surface area contributed by atoms with Gasteiger partial charge in [-0.3, -0.25) is 14.5 Å². The first-order chi connectivity index (χ1) is 12.0. The SMILES string of the molecule is C/C(=N/NC(=O)CCN1C(=O)NC(C)(C)C1=O)c1cc(F)c(Cl)cc1Cl. The summed E-state index contributed by atoms with van der Waals surface area (Å²) >= 11 is 11.6. The molecule has 140 valence electrons. The van der Waals surface area contributed by atoms with Gasteiger partial charge in [-0.05, 0) is 32.9 Å². The number of urea groups is 1. The molecule has 1 aromatic rings. The zero-order valence-corrected chi connectivity index (χ0v) is 15.8. The molecular formula is C16H17Cl2FN4O3. The number of hydrogen-bond donors (Lipinski definition) is 2. The molecule has 4 amide bonds. The smallest absolute Gasteiger partial charge is 0.324 e. The molecule has 2 N–H and O–H groups in total. The first-order valence-corrected chi connectivity index (χ1v) is 8.40. The molecule has 0 aliphatic carbocycles. The van der Waals surface area contributed by atoms with Gasteiger partial charge in [-0.15, -0.1) is 0 Å². The van der Waals surface area contributed by atoms with Crippen LogP contribution in [0.5, 0.6) is 0 Å². The fourth-order valence-corrected chi connectivity index (χ4v) is 2.82. The number of halogens is 3. The lowest BCUT2D eigenvalue weighted by Crippen LogP contribution is -2.40. The highest BCUT2D eigenvalue weighted by atomic mass is 35.5. The number of hydrazone groups is 1. The van der Waals surface area contributed by atoms with Crippen molar-refractivity contribution in [3.05, 3.63) is 33.6 Å². The Morgan fingerprint density at radius 3 is 2.54 bits per heavy atom. The molecule has 1 fully saturated rings. The molecule has 0 radical (unpaired) electrons. The van der Waals surface area contributed by atoms with E-state index in [0.29, 0.717) is 0 Å². The highest BCUT2D eigenvalue weighted by Gasteiger charge is 2.43. The van der Waals surface area contributed by atoms with Crippen LogP contribution in [-0.4, -0.2) is 40.5 Å². The lowest BCUT2D eigenvalue weighted by atomic mass is 10.1. The molecule has 1 heterocycles. The topological polar surface area (TPSA) is 90.9 Å². The van der Waals surface area contributed by atoms with E-state index in [1.54, 1.807) is 13.8 Å². The van der Waals surface area contributed by atoms with Crippen molar-refractivity contribution in [2.75, 3.05) is 6.54 Å². The summed E-state index contributed by atoms with van der Waals surface area (Å²) in [5.74, 6) is -1.58. The second-order valence-electron chi connectivity index (χ2n) is 6.24. The van der Waals surface area contributed by atoms with E-state index in [0.717, 1.165) is 11.0 Å². The summed E-state index contributed by atoms with van der Waals surface area (Å²) in [6.07, 6.45) is -0.130. The number of benzene rings is 1. The maximum atomic E-state index is 13.5. The van der Waals surface area contributed by atoms with Crippen LogP contribution in [-0.2, 0) is 9.59 Å². The molecule has 0 bridgehead atoms. The minimum atomic E-state index is -0.988. The molecule has 7 nitrogen and oxygen atoms in total. The molecule has 26 heavy (non-hydrogen) atoms. The van der Waals surface area contributed by atoms with Crippen LogP contribution < -0.4 is 10.7 Å². The van der Waals surface area contributed by atoms with E-state index in [-0.39, 0.29) is 34.3 Å². The van der Waals surface area contributed by atoms with Gasteiger partial charge >= 0.3 is 6.03 Å².